The van der Waals surface area contributed by atoms with Gasteiger partial charge in [0, 0.05) is 0 Å². The zero-order valence-electron chi connectivity index (χ0n) is 10.2. The predicted octanol–water partition coefficient (Wildman–Crippen LogP) is 2.02. The molecule has 2 aromatic rings. The van der Waals surface area contributed by atoms with Gasteiger partial charge in [0.2, 0.25) is 0 Å². The third-order valence-electron chi connectivity index (χ3n) is 2.73. The smallest absolute Gasteiger partial charge is 0.112 e. The molecule has 0 bridgehead atoms. The van der Waals surface area contributed by atoms with Gasteiger partial charge in [-0.3, -0.25) is 0 Å². The molecule has 1 aromatic carbocycles. The Balaban J connectivity index is 2.47. The fourth-order valence-corrected chi connectivity index (χ4v) is 1.91. The van der Waals surface area contributed by atoms with Crippen LogP contribution in [0.5, 0.6) is 0 Å². The van der Waals surface area contributed by atoms with Crippen molar-refractivity contribution in [2.45, 2.75) is 33.3 Å². The van der Waals surface area contributed by atoms with Crippen molar-refractivity contribution in [3.63, 3.8) is 0 Å². The van der Waals surface area contributed by atoms with Gasteiger partial charge < -0.3 is 5.11 Å². The van der Waals surface area contributed by atoms with Crippen molar-refractivity contribution in [2.24, 2.45) is 0 Å². The summed E-state index contributed by atoms with van der Waals surface area (Å²) in [5, 5.41) is 17.4. The summed E-state index contributed by atoms with van der Waals surface area (Å²) in [5.41, 5.74) is 3.86. The molecule has 0 radical (unpaired) electrons. The summed E-state index contributed by atoms with van der Waals surface area (Å²) in [7, 11) is 0. The van der Waals surface area contributed by atoms with E-state index in [4.69, 9.17) is 0 Å². The summed E-state index contributed by atoms with van der Waals surface area (Å²) in [6.07, 6.45) is 1.88. The summed E-state index contributed by atoms with van der Waals surface area (Å²) >= 11 is 0. The predicted molar refractivity (Wildman–Crippen MR) is 66.0 cm³/mol. The first kappa shape index (κ1) is 11.8. The van der Waals surface area contributed by atoms with E-state index >= 15 is 0 Å². The summed E-state index contributed by atoms with van der Waals surface area (Å²) in [6.45, 7) is 4.10. The minimum Gasteiger partial charge on any atom is -0.390 e. The largest absolute Gasteiger partial charge is 0.390 e. The topological polar surface area (TPSA) is 50.9 Å². The molecule has 0 spiro atoms. The van der Waals surface area contributed by atoms with Crippen LogP contribution in [-0.2, 0) is 13.0 Å². The summed E-state index contributed by atoms with van der Waals surface area (Å²) in [4.78, 5) is 0. The van der Waals surface area contributed by atoms with E-state index in [2.05, 4.69) is 23.3 Å². The Morgan fingerprint density at radius 1 is 1.35 bits per heavy atom. The number of aromatic nitrogens is 3. The average molecular weight is 231 g/mol. The van der Waals surface area contributed by atoms with Crippen LogP contribution in [0, 0.1) is 6.92 Å². The van der Waals surface area contributed by atoms with Gasteiger partial charge in [-0.2, -0.15) is 0 Å². The average Bonchev–Trinajstić information content (AvgIpc) is 2.72. The molecule has 0 aliphatic rings. The molecule has 0 unspecified atom stereocenters. The minimum atomic E-state index is -0.0544. The van der Waals surface area contributed by atoms with Gasteiger partial charge in [0.05, 0.1) is 18.0 Å². The molecule has 0 atom stereocenters. The van der Waals surface area contributed by atoms with Gasteiger partial charge in [-0.15, -0.1) is 5.10 Å². The third-order valence-corrected chi connectivity index (χ3v) is 2.73. The maximum absolute atomic E-state index is 9.24. The maximum atomic E-state index is 9.24. The molecule has 4 nitrogen and oxygen atoms in total. The van der Waals surface area contributed by atoms with Crippen LogP contribution in [0.15, 0.2) is 24.3 Å². The number of hydrogen-bond donors (Lipinski definition) is 1. The molecular weight excluding hydrogens is 214 g/mol. The molecule has 1 N–H and O–H groups in total. The molecule has 4 heteroatoms. The molecule has 0 aliphatic carbocycles. The number of aliphatic hydroxyl groups excluding tert-OH is 1. The van der Waals surface area contributed by atoms with Gasteiger partial charge in [-0.05, 0) is 31.0 Å². The fraction of sp³-hybridized carbons (Fsp3) is 0.385. The van der Waals surface area contributed by atoms with Gasteiger partial charge in [-0.1, -0.05) is 30.7 Å². The van der Waals surface area contributed by atoms with Crippen molar-refractivity contribution >= 4 is 0 Å². The maximum Gasteiger partial charge on any atom is 0.112 e. The Kier molecular flexibility index (Phi) is 3.54. The first-order chi connectivity index (χ1) is 8.26. The highest BCUT2D eigenvalue weighted by atomic mass is 16.3. The van der Waals surface area contributed by atoms with Crippen molar-refractivity contribution in [3.05, 3.63) is 41.2 Å². The van der Waals surface area contributed by atoms with Crippen LogP contribution in [0.2, 0.25) is 0 Å². The molecule has 0 amide bonds. The minimum absolute atomic E-state index is 0.0544. The van der Waals surface area contributed by atoms with Crippen LogP contribution in [-0.4, -0.2) is 20.1 Å². The fourth-order valence-electron chi connectivity index (χ4n) is 1.91. The molecule has 1 aromatic heterocycles. The second kappa shape index (κ2) is 5.10. The number of aryl methyl sites for hydroxylation is 1. The van der Waals surface area contributed by atoms with E-state index in [0.29, 0.717) is 5.69 Å². The molecule has 0 saturated heterocycles. The van der Waals surface area contributed by atoms with Crippen LogP contribution in [0.3, 0.4) is 0 Å². The van der Waals surface area contributed by atoms with Crippen LogP contribution in [0.1, 0.15) is 30.3 Å². The van der Waals surface area contributed by atoms with E-state index in [1.165, 1.54) is 5.56 Å². The normalized spacial score (nSPS) is 10.8. The Hall–Kier alpha value is -1.68. The number of rotatable bonds is 4. The monoisotopic (exact) mass is 231 g/mol. The van der Waals surface area contributed by atoms with Gasteiger partial charge in [0.25, 0.3) is 0 Å². The van der Waals surface area contributed by atoms with Crippen molar-refractivity contribution < 1.29 is 5.11 Å². The quantitative estimate of drug-likeness (QED) is 0.875. The summed E-state index contributed by atoms with van der Waals surface area (Å²) in [5.74, 6) is 0. The highest BCUT2D eigenvalue weighted by Crippen LogP contribution is 2.15. The highest BCUT2D eigenvalue weighted by Gasteiger charge is 2.12. The molecule has 0 aliphatic heterocycles. The van der Waals surface area contributed by atoms with Crippen molar-refractivity contribution in [3.8, 4) is 5.69 Å². The van der Waals surface area contributed by atoms with E-state index in [-0.39, 0.29) is 6.61 Å². The summed E-state index contributed by atoms with van der Waals surface area (Å²) in [6, 6.07) is 8.12. The second-order valence-corrected chi connectivity index (χ2v) is 4.14. The highest BCUT2D eigenvalue weighted by molar-refractivity contribution is 5.36. The lowest BCUT2D eigenvalue weighted by Gasteiger charge is -2.07. The van der Waals surface area contributed by atoms with Gasteiger partial charge in [0.1, 0.15) is 5.69 Å². The van der Waals surface area contributed by atoms with E-state index < -0.39 is 0 Å². The SMILES string of the molecule is CCCc1c(CO)nnn1-c1cccc(C)c1. The van der Waals surface area contributed by atoms with Crippen LogP contribution >= 0.6 is 0 Å². The van der Waals surface area contributed by atoms with Crippen LogP contribution < -0.4 is 0 Å². The summed E-state index contributed by atoms with van der Waals surface area (Å²) < 4.78 is 1.82. The van der Waals surface area contributed by atoms with Crippen molar-refractivity contribution in [2.75, 3.05) is 0 Å². The van der Waals surface area contributed by atoms with E-state index in [0.717, 1.165) is 24.2 Å². The van der Waals surface area contributed by atoms with E-state index in [9.17, 15) is 5.11 Å². The lowest BCUT2D eigenvalue weighted by Crippen LogP contribution is -2.04. The standard InChI is InChI=1S/C13H17N3O/c1-3-5-13-12(9-17)14-15-16(13)11-7-4-6-10(2)8-11/h4,6-8,17H,3,5,9H2,1-2H3. The van der Waals surface area contributed by atoms with Gasteiger partial charge >= 0.3 is 0 Å². The van der Waals surface area contributed by atoms with Crippen LogP contribution in [0.25, 0.3) is 5.69 Å². The van der Waals surface area contributed by atoms with Crippen LogP contribution in [0.4, 0.5) is 0 Å². The first-order valence-corrected chi connectivity index (χ1v) is 5.87. The number of benzene rings is 1. The number of aliphatic hydroxyl groups is 1. The Morgan fingerprint density at radius 2 is 2.18 bits per heavy atom. The molecule has 0 fully saturated rings. The number of hydrogen-bond acceptors (Lipinski definition) is 3. The molecule has 1 heterocycles. The zero-order valence-corrected chi connectivity index (χ0v) is 10.2. The van der Waals surface area contributed by atoms with Crippen molar-refractivity contribution in [1.29, 1.82) is 0 Å². The molecule has 0 saturated carbocycles. The molecule has 90 valence electrons. The third kappa shape index (κ3) is 2.36. The lowest BCUT2D eigenvalue weighted by atomic mass is 10.2. The van der Waals surface area contributed by atoms with Gasteiger partial charge in [-0.25, -0.2) is 4.68 Å². The zero-order chi connectivity index (χ0) is 12.3. The van der Waals surface area contributed by atoms with E-state index in [1.807, 2.05) is 29.8 Å². The first-order valence-electron chi connectivity index (χ1n) is 5.87. The molecule has 17 heavy (non-hydrogen) atoms. The Bertz CT molecular complexity index is 505. The molecular formula is C13H17N3O. The van der Waals surface area contributed by atoms with E-state index in [1.54, 1.807) is 0 Å². The lowest BCUT2D eigenvalue weighted by molar-refractivity contribution is 0.275. The van der Waals surface area contributed by atoms with Gasteiger partial charge in [0.15, 0.2) is 0 Å². The number of nitrogens with zero attached hydrogens (tertiary/aromatic N) is 3. The molecule has 2 rings (SSSR count). The van der Waals surface area contributed by atoms with Crippen molar-refractivity contribution in [1.82, 2.24) is 15.0 Å². The second-order valence-electron chi connectivity index (χ2n) is 4.14. The Labute approximate surface area is 101 Å². The Morgan fingerprint density at radius 3 is 2.82 bits per heavy atom.